The van der Waals surface area contributed by atoms with E-state index in [4.69, 9.17) is 31.8 Å². The smallest absolute Gasteiger partial charge is 0.319 e. The second kappa shape index (κ2) is 12.1. The largest absolute Gasteiger partial charge is 0.488 e. The van der Waals surface area contributed by atoms with Gasteiger partial charge in [-0.1, -0.05) is 17.7 Å². The first-order valence-electron chi connectivity index (χ1n) is 16.5. The molecule has 4 aliphatic rings. The van der Waals surface area contributed by atoms with Gasteiger partial charge in [-0.05, 0) is 57.3 Å². The molecule has 0 amide bonds. The van der Waals surface area contributed by atoms with E-state index < -0.39 is 23.3 Å². The average molecular weight is 698 g/mol. The molecule has 5 heterocycles. The van der Waals surface area contributed by atoms with Crippen LogP contribution in [0.1, 0.15) is 50.5 Å². The summed E-state index contributed by atoms with van der Waals surface area (Å²) in [6, 6.07) is 4.74. The topological polar surface area (TPSA) is 113 Å². The number of rotatable bonds is 7. The minimum Gasteiger partial charge on any atom is -0.488 e. The van der Waals surface area contributed by atoms with E-state index >= 15 is 8.78 Å². The van der Waals surface area contributed by atoms with Gasteiger partial charge in [0.05, 0.1) is 26.2 Å². The van der Waals surface area contributed by atoms with Crippen LogP contribution < -0.4 is 25.4 Å². The summed E-state index contributed by atoms with van der Waals surface area (Å²) < 4.78 is 60.1. The maximum Gasteiger partial charge on any atom is 0.319 e. The predicted molar refractivity (Wildman–Crippen MR) is 181 cm³/mol. The Hall–Kier alpha value is -3.57. The number of hydrogen-bond acceptors (Lipinski definition) is 10. The van der Waals surface area contributed by atoms with Crippen molar-refractivity contribution in [3.63, 3.8) is 0 Å². The van der Waals surface area contributed by atoms with E-state index in [1.807, 2.05) is 7.05 Å². The molecule has 4 atom stereocenters. The third-order valence-electron chi connectivity index (χ3n) is 10.6. The Labute approximate surface area is 284 Å². The number of thiophene rings is 1. The van der Waals surface area contributed by atoms with Gasteiger partial charge in [0.1, 0.15) is 47.1 Å². The second-order valence-electron chi connectivity index (χ2n) is 13.4. The van der Waals surface area contributed by atoms with Crippen molar-refractivity contribution in [3.05, 3.63) is 34.4 Å². The maximum atomic E-state index is 17.3. The molecule has 4 aromatic rings. The molecular weight excluding hydrogens is 663 g/mol. The van der Waals surface area contributed by atoms with Gasteiger partial charge in [-0.15, -0.1) is 11.3 Å². The number of anilines is 2. The third-order valence-corrected chi connectivity index (χ3v) is 12.0. The molecule has 2 aromatic carbocycles. The van der Waals surface area contributed by atoms with Gasteiger partial charge in [0.2, 0.25) is 0 Å². The molecule has 9 nitrogen and oxygen atoms in total. The lowest BCUT2D eigenvalue weighted by molar-refractivity contribution is 0.107. The molecule has 2 unspecified atom stereocenters. The van der Waals surface area contributed by atoms with Gasteiger partial charge in [-0.2, -0.15) is 15.2 Å². The van der Waals surface area contributed by atoms with E-state index in [1.54, 1.807) is 0 Å². The zero-order valence-corrected chi connectivity index (χ0v) is 28.0. The predicted octanol–water partition coefficient (Wildman–Crippen LogP) is 6.58. The van der Waals surface area contributed by atoms with Crippen molar-refractivity contribution in [2.24, 2.45) is 0 Å². The average Bonchev–Trinajstić information content (AvgIpc) is 3.72. The minimum atomic E-state index is -0.935. The minimum absolute atomic E-state index is 0.0156. The zero-order chi connectivity index (χ0) is 33.3. The first-order chi connectivity index (χ1) is 23.2. The van der Waals surface area contributed by atoms with E-state index in [1.165, 1.54) is 12.1 Å². The Kier molecular flexibility index (Phi) is 7.98. The molecule has 0 spiro atoms. The highest BCUT2D eigenvalue weighted by Gasteiger charge is 2.49. The summed E-state index contributed by atoms with van der Waals surface area (Å²) >= 11 is 8.09. The number of nitrogens with zero attached hydrogens (tertiary/aromatic N) is 5. The van der Waals surface area contributed by atoms with Gasteiger partial charge in [0.25, 0.3) is 0 Å². The van der Waals surface area contributed by atoms with E-state index in [9.17, 15) is 9.65 Å². The molecule has 2 bridgehead atoms. The summed E-state index contributed by atoms with van der Waals surface area (Å²) in [6.45, 7) is 2.57. The fraction of sp³-hybridized carbons (Fsp3) is 0.500. The molecule has 1 aliphatic carbocycles. The number of nitriles is 1. The molecule has 1 saturated carbocycles. The first-order valence-corrected chi connectivity index (χ1v) is 17.7. The van der Waals surface area contributed by atoms with E-state index in [0.29, 0.717) is 43.7 Å². The highest BCUT2D eigenvalue weighted by molar-refractivity contribution is 7.23. The molecule has 8 rings (SSSR count). The molecule has 14 heteroatoms. The standard InChI is InChI=1S/C34H35ClF3N7O2S/c1-41-9-11-45-18-4-2-5-19(12-18)47-29-25-28(42-33(43-32(25)45)46-16-34-8-3-10-44(34)15-17(36)13-34)27(38)24(26(29)35)20-6-7-22(37)30-23(20)21(14-39)31(40)48-30/h6-7,17-19,41H,2-5,8-13,15-16,40H2,1H3/t17-,18?,19?,34+/m1/s1. The van der Waals surface area contributed by atoms with Crippen molar-refractivity contribution in [1.82, 2.24) is 20.2 Å². The summed E-state index contributed by atoms with van der Waals surface area (Å²) in [5.41, 5.74) is 5.80. The lowest BCUT2D eigenvalue weighted by Crippen LogP contribution is -2.46. The first kappa shape index (κ1) is 31.7. The number of benzene rings is 2. The number of nitrogens with one attached hydrogen (secondary N) is 1. The summed E-state index contributed by atoms with van der Waals surface area (Å²) in [5.74, 6) is -0.663. The maximum absolute atomic E-state index is 17.3. The molecule has 2 saturated heterocycles. The van der Waals surface area contributed by atoms with Crippen LogP contribution in [0.5, 0.6) is 11.8 Å². The van der Waals surface area contributed by atoms with Crippen molar-refractivity contribution in [2.75, 3.05) is 50.5 Å². The number of aromatic nitrogens is 2. The molecule has 2 aromatic heterocycles. The molecule has 252 valence electrons. The van der Waals surface area contributed by atoms with Gasteiger partial charge in [0, 0.05) is 49.5 Å². The Morgan fingerprint density at radius 2 is 2.10 bits per heavy atom. The number of likely N-dealkylation sites (N-methyl/N-ethyl adjacent to an activating group) is 1. The number of nitrogens with two attached hydrogens (primary N) is 1. The number of fused-ring (bicyclic) bond motifs is 4. The van der Waals surface area contributed by atoms with E-state index in [-0.39, 0.29) is 72.8 Å². The van der Waals surface area contributed by atoms with Gasteiger partial charge in [0.15, 0.2) is 11.6 Å². The van der Waals surface area contributed by atoms with Crippen molar-refractivity contribution in [1.29, 1.82) is 5.26 Å². The van der Waals surface area contributed by atoms with Crippen LogP contribution in [0.4, 0.5) is 24.0 Å². The Balaban J connectivity index is 1.37. The van der Waals surface area contributed by atoms with Crippen LogP contribution in [-0.2, 0) is 0 Å². The fourth-order valence-electron chi connectivity index (χ4n) is 8.38. The highest BCUT2D eigenvalue weighted by Crippen LogP contribution is 2.52. The molecule has 0 radical (unpaired) electrons. The van der Waals surface area contributed by atoms with Gasteiger partial charge < -0.3 is 25.4 Å². The van der Waals surface area contributed by atoms with Gasteiger partial charge >= 0.3 is 6.01 Å². The molecule has 48 heavy (non-hydrogen) atoms. The quantitative estimate of drug-likeness (QED) is 0.221. The summed E-state index contributed by atoms with van der Waals surface area (Å²) in [7, 11) is 1.88. The van der Waals surface area contributed by atoms with Crippen LogP contribution in [-0.4, -0.2) is 78.6 Å². The van der Waals surface area contributed by atoms with Crippen LogP contribution in [0.15, 0.2) is 12.1 Å². The van der Waals surface area contributed by atoms with Crippen LogP contribution in [0.25, 0.3) is 32.1 Å². The molecule has 3 aliphatic heterocycles. The lowest BCUT2D eigenvalue weighted by Gasteiger charge is -2.41. The van der Waals surface area contributed by atoms with Crippen LogP contribution in [0.2, 0.25) is 5.02 Å². The Bertz CT molecular complexity index is 1990. The van der Waals surface area contributed by atoms with Crippen molar-refractivity contribution in [3.8, 4) is 29.0 Å². The van der Waals surface area contributed by atoms with Gasteiger partial charge in [-0.25, -0.2) is 13.2 Å². The zero-order valence-electron chi connectivity index (χ0n) is 26.4. The van der Waals surface area contributed by atoms with Gasteiger partial charge in [-0.3, -0.25) is 4.90 Å². The number of nitrogen functional groups attached to an aromatic ring is 1. The molecule has 3 N–H and O–H groups in total. The lowest BCUT2D eigenvalue weighted by atomic mass is 9.90. The third kappa shape index (κ3) is 4.94. The van der Waals surface area contributed by atoms with Crippen LogP contribution in [0.3, 0.4) is 0 Å². The molecular formula is C34H35ClF3N7O2S. The van der Waals surface area contributed by atoms with Crippen molar-refractivity contribution in [2.45, 2.75) is 68.8 Å². The van der Waals surface area contributed by atoms with Crippen LogP contribution >= 0.6 is 22.9 Å². The Morgan fingerprint density at radius 3 is 2.92 bits per heavy atom. The summed E-state index contributed by atoms with van der Waals surface area (Å²) in [5, 5.41) is 13.8. The van der Waals surface area contributed by atoms with Crippen molar-refractivity contribution >= 4 is 54.7 Å². The molecule has 3 fully saturated rings. The Morgan fingerprint density at radius 1 is 1.25 bits per heavy atom. The SMILES string of the molecule is CNCCN1c2nc(OC[C@@]34CCCN3C[C@H](F)C4)nc3c(F)c(-c4ccc(F)c5sc(N)c(C#N)c45)c(Cl)c(c23)OC2CCCC1C2. The monoisotopic (exact) mass is 697 g/mol. The van der Waals surface area contributed by atoms with Crippen molar-refractivity contribution < 1.29 is 22.6 Å². The number of hydrogen-bond donors (Lipinski definition) is 2. The second-order valence-corrected chi connectivity index (χ2v) is 14.8. The summed E-state index contributed by atoms with van der Waals surface area (Å²) in [4.78, 5) is 13.9. The number of alkyl halides is 1. The number of halogens is 4. The highest BCUT2D eigenvalue weighted by atomic mass is 35.5. The fourth-order valence-corrected chi connectivity index (χ4v) is 9.65. The van der Waals surface area contributed by atoms with Crippen LogP contribution in [0, 0.1) is 23.0 Å². The normalized spacial score (nSPS) is 25.2. The van der Waals surface area contributed by atoms with E-state index in [0.717, 1.165) is 50.0 Å². The number of ether oxygens (including phenoxy) is 2. The van der Waals surface area contributed by atoms with E-state index in [2.05, 4.69) is 26.2 Å². The summed E-state index contributed by atoms with van der Waals surface area (Å²) in [6.07, 6.45) is 4.33.